The van der Waals surface area contributed by atoms with E-state index >= 15 is 0 Å². The summed E-state index contributed by atoms with van der Waals surface area (Å²) < 4.78 is 23.4. The van der Waals surface area contributed by atoms with Crippen molar-refractivity contribution in [2.75, 3.05) is 14.1 Å². The topological polar surface area (TPSA) is 49.4 Å². The quantitative estimate of drug-likeness (QED) is 0.679. The van der Waals surface area contributed by atoms with Gasteiger partial charge >= 0.3 is 6.43 Å². The molecule has 0 bridgehead atoms. The minimum atomic E-state index is -3.09. The zero-order valence-electron chi connectivity index (χ0n) is 7.67. The molecular weight excluding hydrogens is 182 g/mol. The molecule has 0 saturated heterocycles. The highest BCUT2D eigenvalue weighted by Crippen LogP contribution is 1.94. The fraction of sp³-hybridized carbons (Fsp3) is 0.714. The molecule has 0 aromatic carbocycles. The third-order valence-electron chi connectivity index (χ3n) is 1.37. The van der Waals surface area contributed by atoms with Crippen LogP contribution in [0.1, 0.15) is 6.92 Å². The van der Waals surface area contributed by atoms with Crippen LogP contribution in [0.25, 0.3) is 0 Å². The monoisotopic (exact) mass is 194 g/mol. The first-order valence-electron chi connectivity index (χ1n) is 3.66. The van der Waals surface area contributed by atoms with Crippen molar-refractivity contribution < 1.29 is 18.4 Å². The van der Waals surface area contributed by atoms with E-state index in [1.165, 1.54) is 25.9 Å². The maximum absolute atomic E-state index is 11.7. The van der Waals surface area contributed by atoms with Crippen LogP contribution in [0.5, 0.6) is 0 Å². The first kappa shape index (κ1) is 11.8. The number of carbonyl (C=O) groups excluding carboxylic acids is 2. The Bertz CT molecular complexity index is 207. The first-order valence-corrected chi connectivity index (χ1v) is 3.66. The molecule has 0 heterocycles. The van der Waals surface area contributed by atoms with Crippen LogP contribution in [-0.4, -0.2) is 43.3 Å². The third kappa shape index (κ3) is 3.82. The Morgan fingerprint density at radius 3 is 2.08 bits per heavy atom. The number of likely N-dealkylation sites (N-methyl/N-ethyl adjacent to an activating group) is 1. The lowest BCUT2D eigenvalue weighted by molar-refractivity contribution is -0.138. The predicted molar refractivity (Wildman–Crippen MR) is 42.3 cm³/mol. The number of hydrogen-bond acceptors (Lipinski definition) is 2. The fourth-order valence-electron chi connectivity index (χ4n) is 0.725. The molecule has 0 radical (unpaired) electrons. The molecular formula is C7H12F2N2O2. The average molecular weight is 194 g/mol. The van der Waals surface area contributed by atoms with Gasteiger partial charge in [-0.2, -0.15) is 8.78 Å². The Labute approximate surface area is 74.9 Å². The molecule has 0 fully saturated rings. The predicted octanol–water partition coefficient (Wildman–Crippen LogP) is -0.156. The van der Waals surface area contributed by atoms with Crippen LogP contribution in [0.15, 0.2) is 0 Å². The van der Waals surface area contributed by atoms with E-state index in [0.717, 1.165) is 0 Å². The van der Waals surface area contributed by atoms with Gasteiger partial charge in [-0.05, 0) is 6.92 Å². The average Bonchev–Trinajstić information content (AvgIpc) is 2.02. The van der Waals surface area contributed by atoms with Gasteiger partial charge in [0.2, 0.25) is 5.91 Å². The zero-order chi connectivity index (χ0) is 10.6. The van der Waals surface area contributed by atoms with Crippen molar-refractivity contribution in [3.8, 4) is 0 Å². The van der Waals surface area contributed by atoms with E-state index in [4.69, 9.17) is 0 Å². The number of amides is 2. The SMILES string of the molecule is CC(NC(=O)C(F)F)C(=O)N(C)C. The van der Waals surface area contributed by atoms with E-state index in [1.54, 1.807) is 0 Å². The van der Waals surface area contributed by atoms with Crippen LogP contribution in [0, 0.1) is 0 Å². The summed E-state index contributed by atoms with van der Waals surface area (Å²) in [4.78, 5) is 22.7. The molecule has 0 saturated carbocycles. The fourth-order valence-corrected chi connectivity index (χ4v) is 0.725. The smallest absolute Gasteiger partial charge is 0.315 e. The molecule has 0 rings (SSSR count). The van der Waals surface area contributed by atoms with E-state index in [1.807, 2.05) is 5.32 Å². The Hall–Kier alpha value is -1.20. The van der Waals surface area contributed by atoms with Crippen LogP contribution in [-0.2, 0) is 9.59 Å². The van der Waals surface area contributed by atoms with Gasteiger partial charge in [0, 0.05) is 14.1 Å². The van der Waals surface area contributed by atoms with Gasteiger partial charge in [-0.1, -0.05) is 0 Å². The minimum Gasteiger partial charge on any atom is -0.347 e. The molecule has 0 aliphatic rings. The van der Waals surface area contributed by atoms with E-state index in [-0.39, 0.29) is 0 Å². The van der Waals surface area contributed by atoms with E-state index in [0.29, 0.717) is 0 Å². The summed E-state index contributed by atoms with van der Waals surface area (Å²) in [6, 6.07) is -0.920. The van der Waals surface area contributed by atoms with Gasteiger partial charge in [0.05, 0.1) is 0 Å². The van der Waals surface area contributed by atoms with Crippen molar-refractivity contribution in [2.45, 2.75) is 19.4 Å². The minimum absolute atomic E-state index is 0.422. The molecule has 0 aromatic rings. The zero-order valence-corrected chi connectivity index (χ0v) is 7.67. The highest BCUT2D eigenvalue weighted by atomic mass is 19.3. The van der Waals surface area contributed by atoms with Gasteiger partial charge in [0.25, 0.3) is 5.91 Å². The van der Waals surface area contributed by atoms with Crippen molar-refractivity contribution in [2.24, 2.45) is 0 Å². The lowest BCUT2D eigenvalue weighted by Gasteiger charge is -2.17. The summed E-state index contributed by atoms with van der Waals surface area (Å²) in [6.07, 6.45) is -3.09. The van der Waals surface area contributed by atoms with Gasteiger partial charge in [0.15, 0.2) is 0 Å². The van der Waals surface area contributed by atoms with Crippen molar-refractivity contribution in [3.63, 3.8) is 0 Å². The summed E-state index contributed by atoms with van der Waals surface area (Å²) in [6.45, 7) is 1.35. The normalized spacial score (nSPS) is 12.5. The molecule has 0 aliphatic heterocycles. The van der Waals surface area contributed by atoms with E-state index in [2.05, 4.69) is 0 Å². The van der Waals surface area contributed by atoms with Gasteiger partial charge in [-0.25, -0.2) is 0 Å². The largest absolute Gasteiger partial charge is 0.347 e. The number of halogens is 2. The number of nitrogens with zero attached hydrogens (tertiary/aromatic N) is 1. The van der Waals surface area contributed by atoms with Crippen LogP contribution in [0.4, 0.5) is 8.78 Å². The van der Waals surface area contributed by atoms with Crippen LogP contribution in [0.2, 0.25) is 0 Å². The number of rotatable bonds is 3. The second-order valence-electron chi connectivity index (χ2n) is 2.76. The molecule has 13 heavy (non-hydrogen) atoms. The highest BCUT2D eigenvalue weighted by Gasteiger charge is 2.22. The van der Waals surface area contributed by atoms with Crippen molar-refractivity contribution in [1.82, 2.24) is 10.2 Å². The summed E-state index contributed by atoms with van der Waals surface area (Å²) in [5, 5.41) is 1.88. The Balaban J connectivity index is 4.08. The first-order chi connectivity index (χ1) is 5.86. The Morgan fingerprint density at radius 2 is 1.77 bits per heavy atom. The number of alkyl halides is 2. The van der Waals surface area contributed by atoms with Crippen LogP contribution < -0.4 is 5.32 Å². The summed E-state index contributed by atoms with van der Waals surface area (Å²) in [7, 11) is 2.96. The van der Waals surface area contributed by atoms with Gasteiger partial charge in [-0.15, -0.1) is 0 Å². The molecule has 6 heteroatoms. The second kappa shape index (κ2) is 4.74. The van der Waals surface area contributed by atoms with E-state index in [9.17, 15) is 18.4 Å². The molecule has 1 N–H and O–H groups in total. The number of nitrogens with one attached hydrogen (secondary N) is 1. The maximum Gasteiger partial charge on any atom is 0.315 e. The molecule has 76 valence electrons. The molecule has 0 aromatic heterocycles. The van der Waals surface area contributed by atoms with Gasteiger partial charge < -0.3 is 10.2 Å². The van der Waals surface area contributed by atoms with E-state index < -0.39 is 24.3 Å². The highest BCUT2D eigenvalue weighted by molar-refractivity contribution is 5.88. The molecule has 1 atom stereocenters. The van der Waals surface area contributed by atoms with Crippen LogP contribution >= 0.6 is 0 Å². The lowest BCUT2D eigenvalue weighted by Crippen LogP contribution is -2.46. The Morgan fingerprint density at radius 1 is 1.31 bits per heavy atom. The standard InChI is InChI=1S/C7H12F2N2O2/c1-4(7(13)11(2)3)10-6(12)5(8)9/h4-5H,1-3H3,(H,10,12). The van der Waals surface area contributed by atoms with Gasteiger partial charge in [-0.3, -0.25) is 9.59 Å². The van der Waals surface area contributed by atoms with Gasteiger partial charge in [0.1, 0.15) is 6.04 Å². The Kier molecular flexibility index (Phi) is 4.30. The number of hydrogen-bond donors (Lipinski definition) is 1. The van der Waals surface area contributed by atoms with Crippen LogP contribution in [0.3, 0.4) is 0 Å². The lowest BCUT2D eigenvalue weighted by atomic mass is 10.3. The van der Waals surface area contributed by atoms with Crippen molar-refractivity contribution >= 4 is 11.8 Å². The molecule has 4 nitrogen and oxygen atoms in total. The van der Waals surface area contributed by atoms with Crippen molar-refractivity contribution in [1.29, 1.82) is 0 Å². The summed E-state index contributed by atoms with van der Waals surface area (Å²) >= 11 is 0. The molecule has 0 aliphatic carbocycles. The molecule has 2 amide bonds. The summed E-state index contributed by atoms with van der Waals surface area (Å²) in [5.74, 6) is -1.85. The van der Waals surface area contributed by atoms with Crippen molar-refractivity contribution in [3.05, 3.63) is 0 Å². The number of carbonyl (C=O) groups is 2. The summed E-state index contributed by atoms with van der Waals surface area (Å²) in [5.41, 5.74) is 0. The molecule has 0 spiro atoms. The second-order valence-corrected chi connectivity index (χ2v) is 2.76. The third-order valence-corrected chi connectivity index (χ3v) is 1.37. The maximum atomic E-state index is 11.7. The molecule has 1 unspecified atom stereocenters.